The highest BCUT2D eigenvalue weighted by molar-refractivity contribution is 5.92. The van der Waals surface area contributed by atoms with Gasteiger partial charge in [-0.05, 0) is 73.6 Å². The number of benzene rings is 3. The van der Waals surface area contributed by atoms with Crippen molar-refractivity contribution in [3.05, 3.63) is 137 Å². The lowest BCUT2D eigenvalue weighted by Crippen LogP contribution is -2.52. The molecule has 3 aliphatic carbocycles. The summed E-state index contributed by atoms with van der Waals surface area (Å²) in [6, 6.07) is 26.6. The third-order valence-electron chi connectivity index (χ3n) is 10.2. The third-order valence-corrected chi connectivity index (χ3v) is 10.2. The molecule has 4 unspecified atom stereocenters. The van der Waals surface area contributed by atoms with Crippen molar-refractivity contribution in [3.63, 3.8) is 0 Å². The maximum absolute atomic E-state index is 11.0. The lowest BCUT2D eigenvalue weighted by molar-refractivity contribution is 0.421. The van der Waals surface area contributed by atoms with Gasteiger partial charge in [0.15, 0.2) is 0 Å². The van der Waals surface area contributed by atoms with Crippen LogP contribution in [0, 0.1) is 22.7 Å². The Morgan fingerprint density at radius 2 is 1.74 bits per heavy atom. The molecule has 1 aliphatic heterocycles. The molecule has 8 rings (SSSR count). The first-order chi connectivity index (χ1) is 21.2. The minimum Gasteiger partial charge on any atom is -0.360 e. The molecule has 208 valence electrons. The van der Waals surface area contributed by atoms with E-state index in [9.17, 15) is 10.5 Å². The van der Waals surface area contributed by atoms with Gasteiger partial charge in [-0.2, -0.15) is 10.5 Å². The summed E-state index contributed by atoms with van der Waals surface area (Å²) in [5.74, 6) is 0.366. The second kappa shape index (κ2) is 9.75. The third kappa shape index (κ3) is 3.60. The van der Waals surface area contributed by atoms with Crippen LogP contribution in [0.4, 0.5) is 5.69 Å². The van der Waals surface area contributed by atoms with Gasteiger partial charge in [0, 0.05) is 34.1 Å². The van der Waals surface area contributed by atoms with E-state index >= 15 is 0 Å². The smallest absolute Gasteiger partial charge is 0.102 e. The highest BCUT2D eigenvalue weighted by atomic mass is 15.2. The zero-order valence-corrected chi connectivity index (χ0v) is 24.2. The number of fused-ring (bicyclic) bond motifs is 6. The minimum absolute atomic E-state index is 0.00301. The molecule has 4 aliphatic rings. The Hall–Kier alpha value is -5.06. The Balaban J connectivity index is 1.37. The monoisotopic (exact) mass is 556 g/mol. The Morgan fingerprint density at radius 1 is 0.884 bits per heavy atom. The largest absolute Gasteiger partial charge is 0.360 e. The summed E-state index contributed by atoms with van der Waals surface area (Å²) < 4.78 is 2.18. The summed E-state index contributed by atoms with van der Waals surface area (Å²) in [6.45, 7) is 2.27. The molecule has 0 spiro atoms. The zero-order valence-electron chi connectivity index (χ0n) is 24.2. The molecule has 4 nitrogen and oxygen atoms in total. The van der Waals surface area contributed by atoms with E-state index in [1.807, 2.05) is 18.2 Å². The van der Waals surface area contributed by atoms with Crippen LogP contribution in [-0.4, -0.2) is 16.7 Å². The van der Waals surface area contributed by atoms with Crippen molar-refractivity contribution in [1.29, 1.82) is 10.5 Å². The predicted molar refractivity (Wildman–Crippen MR) is 173 cm³/mol. The van der Waals surface area contributed by atoms with Crippen LogP contribution < -0.4 is 4.90 Å². The topological polar surface area (TPSA) is 55.8 Å². The van der Waals surface area contributed by atoms with Crippen LogP contribution in [0.25, 0.3) is 22.7 Å². The number of hydrogen-bond acceptors (Lipinski definition) is 3. The van der Waals surface area contributed by atoms with Crippen molar-refractivity contribution in [2.45, 2.75) is 56.0 Å². The molecule has 1 aromatic heterocycles. The van der Waals surface area contributed by atoms with E-state index in [0.29, 0.717) is 28.8 Å². The van der Waals surface area contributed by atoms with Gasteiger partial charge in [0.05, 0.1) is 28.4 Å². The van der Waals surface area contributed by atoms with Gasteiger partial charge in [-0.25, -0.2) is 0 Å². The number of aromatic nitrogens is 1. The highest BCUT2D eigenvalue weighted by Gasteiger charge is 2.47. The Morgan fingerprint density at radius 3 is 2.63 bits per heavy atom. The molecule has 2 heterocycles. The fourth-order valence-corrected chi connectivity index (χ4v) is 8.24. The summed E-state index contributed by atoms with van der Waals surface area (Å²) in [6.07, 6.45) is 22.0. The van der Waals surface area contributed by atoms with Crippen LogP contribution in [0.3, 0.4) is 0 Å². The number of rotatable bonds is 3. The molecule has 0 N–H and O–H groups in total. The molecule has 4 atom stereocenters. The van der Waals surface area contributed by atoms with Gasteiger partial charge in [-0.15, -0.1) is 0 Å². The van der Waals surface area contributed by atoms with E-state index in [2.05, 4.69) is 120 Å². The van der Waals surface area contributed by atoms with Gasteiger partial charge >= 0.3 is 0 Å². The standard InChI is InChI=1S/C39H32N4/c1-39(23-11-10-20-37(39)42-33-16-6-2-12-27(33)28-13-3-7-17-34(28)42)32-22-21-26(24-40)38(31(32)25-41)43-35-18-8-4-14-29(35)30-15-5-9-19-36(30)43/h2-4,6,8-14,16,18-23,28,34,37H,5,7,15,17H2,1H3. The number of nitrogens with zero attached hydrogens (tertiary/aromatic N) is 4. The normalized spacial score (nSPS) is 24.8. The van der Waals surface area contributed by atoms with Gasteiger partial charge in [0.25, 0.3) is 0 Å². The van der Waals surface area contributed by atoms with Crippen LogP contribution in [0.1, 0.15) is 65.6 Å². The second-order valence-corrected chi connectivity index (χ2v) is 12.3. The van der Waals surface area contributed by atoms with E-state index in [4.69, 9.17) is 0 Å². The van der Waals surface area contributed by atoms with Crippen molar-refractivity contribution in [1.82, 2.24) is 4.57 Å². The molecular formula is C39H32N4. The average molecular weight is 557 g/mol. The molecule has 0 fully saturated rings. The van der Waals surface area contributed by atoms with E-state index < -0.39 is 5.41 Å². The van der Waals surface area contributed by atoms with Gasteiger partial charge in [-0.3, -0.25) is 0 Å². The van der Waals surface area contributed by atoms with E-state index in [1.165, 1.54) is 22.2 Å². The summed E-state index contributed by atoms with van der Waals surface area (Å²) in [7, 11) is 0. The number of aryl methyl sites for hydroxylation is 1. The predicted octanol–water partition coefficient (Wildman–Crippen LogP) is 8.41. The average Bonchev–Trinajstić information content (AvgIpc) is 3.57. The fraction of sp³-hybridized carbons (Fsp3) is 0.231. The van der Waals surface area contributed by atoms with Crippen LogP contribution in [-0.2, 0) is 11.8 Å². The van der Waals surface area contributed by atoms with Crippen LogP contribution in [0.15, 0.2) is 103 Å². The molecule has 4 aromatic rings. The number of hydrogen-bond donors (Lipinski definition) is 0. The lowest BCUT2D eigenvalue weighted by Gasteiger charge is -2.46. The lowest BCUT2D eigenvalue weighted by atomic mass is 9.70. The first kappa shape index (κ1) is 25.6. The summed E-state index contributed by atoms with van der Waals surface area (Å²) >= 11 is 0. The van der Waals surface area contributed by atoms with Crippen molar-refractivity contribution < 1.29 is 0 Å². The molecule has 4 heteroatoms. The summed E-state index contributed by atoms with van der Waals surface area (Å²) in [5, 5.41) is 22.6. The minimum atomic E-state index is -0.509. The molecule has 0 amide bonds. The Labute approximate surface area is 252 Å². The number of para-hydroxylation sites is 2. The zero-order chi connectivity index (χ0) is 29.1. The molecule has 0 saturated carbocycles. The molecule has 0 radical (unpaired) electrons. The molecule has 0 bridgehead atoms. The van der Waals surface area contributed by atoms with Crippen LogP contribution in [0.5, 0.6) is 0 Å². The number of anilines is 1. The maximum Gasteiger partial charge on any atom is 0.102 e. The van der Waals surface area contributed by atoms with Crippen LogP contribution >= 0.6 is 0 Å². The first-order valence-corrected chi connectivity index (χ1v) is 15.3. The number of allylic oxidation sites excluding steroid dienone is 4. The second-order valence-electron chi connectivity index (χ2n) is 12.3. The molecule has 43 heavy (non-hydrogen) atoms. The Bertz CT molecular complexity index is 2010. The van der Waals surface area contributed by atoms with Gasteiger partial charge in [0.2, 0.25) is 0 Å². The first-order valence-electron chi connectivity index (χ1n) is 15.3. The number of nitriles is 2. The maximum atomic E-state index is 11.0. The van der Waals surface area contributed by atoms with Crippen molar-refractivity contribution >= 4 is 22.7 Å². The van der Waals surface area contributed by atoms with Gasteiger partial charge in [-0.1, -0.05) is 85.0 Å². The SMILES string of the molecule is CC1(c2ccc(C#N)c(-n3c4c(c5ccccc53)CCC=C4)c2C#N)C=CC=CC1N1c2ccccc2C2C=CCCC21. The van der Waals surface area contributed by atoms with Crippen molar-refractivity contribution in [2.24, 2.45) is 0 Å². The van der Waals surface area contributed by atoms with Gasteiger partial charge in [0.1, 0.15) is 12.1 Å². The quantitative estimate of drug-likeness (QED) is 0.238. The highest BCUT2D eigenvalue weighted by Crippen LogP contribution is 2.51. The van der Waals surface area contributed by atoms with E-state index in [1.54, 1.807) is 0 Å². The van der Waals surface area contributed by atoms with Gasteiger partial charge < -0.3 is 9.47 Å². The summed E-state index contributed by atoms with van der Waals surface area (Å²) in [5.41, 5.74) is 8.27. The summed E-state index contributed by atoms with van der Waals surface area (Å²) in [4.78, 5) is 2.62. The van der Waals surface area contributed by atoms with E-state index in [-0.39, 0.29) is 6.04 Å². The molecular weight excluding hydrogens is 524 g/mol. The van der Waals surface area contributed by atoms with Crippen molar-refractivity contribution in [3.8, 4) is 17.8 Å². The molecule has 3 aromatic carbocycles. The molecule has 0 saturated heterocycles. The fourth-order valence-electron chi connectivity index (χ4n) is 8.24. The van der Waals surface area contributed by atoms with Crippen LogP contribution in [0.2, 0.25) is 0 Å². The van der Waals surface area contributed by atoms with Crippen molar-refractivity contribution in [2.75, 3.05) is 4.90 Å². The Kier molecular flexibility index (Phi) is 5.82. The van der Waals surface area contributed by atoms with E-state index in [0.717, 1.165) is 42.5 Å².